The summed E-state index contributed by atoms with van der Waals surface area (Å²) < 4.78 is 30.9. The Bertz CT molecular complexity index is 1440. The molecule has 8 nitrogen and oxygen atoms in total. The number of nitrogens with zero attached hydrogens (tertiary/aromatic N) is 1. The predicted octanol–water partition coefficient (Wildman–Crippen LogP) is 4.49. The molecule has 0 aliphatic carbocycles. The van der Waals surface area contributed by atoms with Gasteiger partial charge >= 0.3 is 0 Å². The Morgan fingerprint density at radius 3 is 2.68 bits per heavy atom. The zero-order chi connectivity index (χ0) is 26.4. The van der Waals surface area contributed by atoms with Crippen LogP contribution in [0, 0.1) is 5.82 Å². The van der Waals surface area contributed by atoms with E-state index < -0.39 is 11.7 Å². The smallest absolute Gasteiger partial charge is 0.251 e. The van der Waals surface area contributed by atoms with Crippen LogP contribution in [0.3, 0.4) is 0 Å². The van der Waals surface area contributed by atoms with E-state index in [9.17, 15) is 14.0 Å². The fraction of sp³-hybridized carbons (Fsp3) is 0.222. The second kappa shape index (κ2) is 11.8. The van der Waals surface area contributed by atoms with Gasteiger partial charge in [0.15, 0.2) is 17.3 Å². The molecule has 0 fully saturated rings. The van der Waals surface area contributed by atoms with E-state index in [-0.39, 0.29) is 30.2 Å². The molecule has 4 rings (SSSR count). The van der Waals surface area contributed by atoms with Gasteiger partial charge in [-0.25, -0.2) is 9.37 Å². The quantitative estimate of drug-likeness (QED) is 0.220. The summed E-state index contributed by atoms with van der Waals surface area (Å²) in [6.07, 6.45) is 0.465. The van der Waals surface area contributed by atoms with Gasteiger partial charge in [-0.2, -0.15) is 0 Å². The number of fused-ring (bicyclic) bond motifs is 1. The van der Waals surface area contributed by atoms with Crippen LogP contribution >= 0.6 is 11.3 Å². The molecule has 2 aromatic carbocycles. The van der Waals surface area contributed by atoms with Crippen LogP contribution in [0.4, 0.5) is 4.39 Å². The zero-order valence-electron chi connectivity index (χ0n) is 20.2. The number of carbonyl (C=O) groups is 2. The number of aliphatic hydroxyl groups is 1. The van der Waals surface area contributed by atoms with Crippen LogP contribution in [0.25, 0.3) is 21.3 Å². The van der Waals surface area contributed by atoms with Gasteiger partial charge in [-0.05, 0) is 24.3 Å². The summed E-state index contributed by atoms with van der Waals surface area (Å²) in [4.78, 5) is 30.1. The lowest BCUT2D eigenvalue weighted by molar-refractivity contribution is 0.0902. The average Bonchev–Trinajstić information content (AvgIpc) is 3.37. The Hall–Kier alpha value is -4.02. The highest BCUT2D eigenvalue weighted by molar-refractivity contribution is 7.17. The van der Waals surface area contributed by atoms with Gasteiger partial charge < -0.3 is 24.6 Å². The molecule has 0 saturated heterocycles. The maximum Gasteiger partial charge on any atom is 0.251 e. The molecule has 2 N–H and O–H groups in total. The number of methoxy groups -OCH3 is 2. The molecule has 0 aliphatic heterocycles. The van der Waals surface area contributed by atoms with E-state index in [1.807, 2.05) is 0 Å². The summed E-state index contributed by atoms with van der Waals surface area (Å²) in [6, 6.07) is 12.6. The zero-order valence-corrected chi connectivity index (χ0v) is 21.1. The molecule has 0 saturated carbocycles. The molecule has 0 bridgehead atoms. The number of aromatic nitrogens is 1. The molecule has 192 valence electrons. The van der Waals surface area contributed by atoms with Gasteiger partial charge in [-0.3, -0.25) is 9.59 Å². The van der Waals surface area contributed by atoms with E-state index in [0.717, 1.165) is 0 Å². The summed E-state index contributed by atoms with van der Waals surface area (Å²) in [5.74, 6) is -0.00640. The topological polar surface area (TPSA) is 107 Å². The van der Waals surface area contributed by atoms with Crippen LogP contribution in [0.15, 0.2) is 53.9 Å². The van der Waals surface area contributed by atoms with Crippen molar-refractivity contribution in [3.05, 3.63) is 71.0 Å². The highest BCUT2D eigenvalue weighted by Crippen LogP contribution is 2.36. The minimum absolute atomic E-state index is 0.00286. The van der Waals surface area contributed by atoms with E-state index in [1.165, 1.54) is 43.8 Å². The lowest BCUT2D eigenvalue weighted by atomic mass is 10.1. The van der Waals surface area contributed by atoms with Crippen molar-refractivity contribution in [1.82, 2.24) is 10.3 Å². The van der Waals surface area contributed by atoms with Crippen molar-refractivity contribution in [2.45, 2.75) is 6.42 Å². The van der Waals surface area contributed by atoms with Gasteiger partial charge in [0, 0.05) is 47.1 Å². The van der Waals surface area contributed by atoms with Crippen molar-refractivity contribution >= 4 is 33.1 Å². The monoisotopic (exact) mass is 524 g/mol. The van der Waals surface area contributed by atoms with Gasteiger partial charge in [0.1, 0.15) is 17.3 Å². The summed E-state index contributed by atoms with van der Waals surface area (Å²) in [5, 5.41) is 14.0. The van der Waals surface area contributed by atoms with Crippen molar-refractivity contribution in [1.29, 1.82) is 0 Å². The summed E-state index contributed by atoms with van der Waals surface area (Å²) in [6.45, 7) is 0.00987. The second-order valence-corrected chi connectivity index (χ2v) is 8.82. The Labute approximate surface area is 216 Å². The summed E-state index contributed by atoms with van der Waals surface area (Å²) in [5.41, 5.74) is 1.54. The average molecular weight is 525 g/mol. The second-order valence-electron chi connectivity index (χ2n) is 7.94. The Balaban J connectivity index is 1.50. The molecule has 10 heteroatoms. The van der Waals surface area contributed by atoms with Crippen LogP contribution in [0.1, 0.15) is 27.3 Å². The van der Waals surface area contributed by atoms with Gasteiger partial charge in [-0.15, -0.1) is 11.3 Å². The Kier molecular flexibility index (Phi) is 8.32. The number of amides is 1. The van der Waals surface area contributed by atoms with Crippen molar-refractivity contribution < 1.29 is 33.3 Å². The first kappa shape index (κ1) is 26.1. The van der Waals surface area contributed by atoms with E-state index >= 15 is 0 Å². The van der Waals surface area contributed by atoms with Crippen LogP contribution in [-0.2, 0) is 0 Å². The number of hydrogen-bond donors (Lipinski definition) is 2. The third kappa shape index (κ3) is 5.87. The maximum atomic E-state index is 14.2. The number of aliphatic hydroxyl groups excluding tert-OH is 1. The SMILES string of the molecule is COc1cc(C(=O)CNC(=O)c2ccc(OCCCO)c(OC)c2)nc(-c2csc3c(F)cccc23)c1. The highest BCUT2D eigenvalue weighted by Gasteiger charge is 2.18. The number of carbonyl (C=O) groups excluding carboxylic acids is 2. The molecular formula is C27H25FN2O6S. The number of Topliss-reactive ketones (excluding diaryl/α,β-unsaturated/α-hetero) is 1. The van der Waals surface area contributed by atoms with Gasteiger partial charge in [0.25, 0.3) is 5.91 Å². The first-order valence-corrected chi connectivity index (χ1v) is 12.3. The summed E-state index contributed by atoms with van der Waals surface area (Å²) >= 11 is 1.26. The molecule has 1 amide bonds. The molecule has 0 atom stereocenters. The van der Waals surface area contributed by atoms with E-state index in [0.29, 0.717) is 51.6 Å². The molecule has 2 heterocycles. The first-order valence-electron chi connectivity index (χ1n) is 11.4. The molecule has 0 spiro atoms. The van der Waals surface area contributed by atoms with E-state index in [1.54, 1.807) is 35.7 Å². The molecular weight excluding hydrogens is 499 g/mol. The van der Waals surface area contributed by atoms with Crippen molar-refractivity contribution in [3.63, 3.8) is 0 Å². The van der Waals surface area contributed by atoms with Crippen LogP contribution in [-0.4, -0.2) is 55.8 Å². The Morgan fingerprint density at radius 1 is 1.08 bits per heavy atom. The fourth-order valence-corrected chi connectivity index (χ4v) is 4.62. The minimum Gasteiger partial charge on any atom is -0.497 e. The van der Waals surface area contributed by atoms with E-state index in [2.05, 4.69) is 10.3 Å². The Morgan fingerprint density at radius 2 is 1.92 bits per heavy atom. The van der Waals surface area contributed by atoms with Gasteiger partial charge in [0.2, 0.25) is 0 Å². The minimum atomic E-state index is -0.476. The number of halogens is 1. The molecule has 0 radical (unpaired) electrons. The van der Waals surface area contributed by atoms with Crippen LogP contribution in [0.2, 0.25) is 0 Å². The van der Waals surface area contributed by atoms with Crippen LogP contribution < -0.4 is 19.5 Å². The number of hydrogen-bond acceptors (Lipinski definition) is 8. The lowest BCUT2D eigenvalue weighted by Crippen LogP contribution is -2.30. The third-order valence-electron chi connectivity index (χ3n) is 5.54. The van der Waals surface area contributed by atoms with Crippen molar-refractivity contribution in [3.8, 4) is 28.5 Å². The number of ketones is 1. The molecule has 2 aromatic heterocycles. The van der Waals surface area contributed by atoms with Crippen LogP contribution in [0.5, 0.6) is 17.2 Å². The number of rotatable bonds is 11. The number of benzene rings is 2. The molecule has 4 aromatic rings. The number of nitrogens with one attached hydrogen (secondary N) is 1. The lowest BCUT2D eigenvalue weighted by Gasteiger charge is -2.12. The molecule has 37 heavy (non-hydrogen) atoms. The highest BCUT2D eigenvalue weighted by atomic mass is 32.1. The van der Waals surface area contributed by atoms with Crippen molar-refractivity contribution in [2.75, 3.05) is 34.0 Å². The third-order valence-corrected chi connectivity index (χ3v) is 6.55. The molecule has 0 unspecified atom stereocenters. The number of ether oxygens (including phenoxy) is 3. The first-order chi connectivity index (χ1) is 17.9. The number of thiophene rings is 1. The normalized spacial score (nSPS) is 10.8. The standard InChI is InChI=1S/C27H25FN2O6S/c1-34-17-12-21(19-15-37-26-18(19)5-3-6-20(26)28)30-22(13-17)23(32)14-29-27(33)16-7-8-24(25(11-16)35-2)36-10-4-9-31/h3,5-8,11-13,15,31H,4,9-10,14H2,1-2H3,(H,29,33). The van der Waals surface area contributed by atoms with E-state index in [4.69, 9.17) is 19.3 Å². The van der Waals surface area contributed by atoms with Gasteiger partial charge in [-0.1, -0.05) is 12.1 Å². The maximum absolute atomic E-state index is 14.2. The summed E-state index contributed by atoms with van der Waals surface area (Å²) in [7, 11) is 2.93. The number of pyridine rings is 1. The molecule has 0 aliphatic rings. The van der Waals surface area contributed by atoms with Crippen molar-refractivity contribution in [2.24, 2.45) is 0 Å². The largest absolute Gasteiger partial charge is 0.497 e. The fourth-order valence-electron chi connectivity index (χ4n) is 3.65. The predicted molar refractivity (Wildman–Crippen MR) is 138 cm³/mol. The van der Waals surface area contributed by atoms with Gasteiger partial charge in [0.05, 0.1) is 37.8 Å².